The Morgan fingerprint density at radius 1 is 1.48 bits per heavy atom. The molecular formula is C16H20N2O3. The lowest BCUT2D eigenvalue weighted by Crippen LogP contribution is -2.29. The minimum Gasteiger partial charge on any atom is -0.478 e. The Balaban J connectivity index is 2.00. The highest BCUT2D eigenvalue weighted by Crippen LogP contribution is 2.29. The molecule has 2 unspecified atom stereocenters. The maximum atomic E-state index is 12.2. The molecule has 0 aliphatic heterocycles. The van der Waals surface area contributed by atoms with Crippen molar-refractivity contribution in [3.8, 4) is 0 Å². The Morgan fingerprint density at radius 2 is 2.29 bits per heavy atom. The zero-order chi connectivity index (χ0) is 15.2. The van der Waals surface area contributed by atoms with Gasteiger partial charge >= 0.3 is 5.97 Å². The molecule has 1 fully saturated rings. The third kappa shape index (κ3) is 4.41. The zero-order valence-electron chi connectivity index (χ0n) is 12.1. The van der Waals surface area contributed by atoms with Crippen molar-refractivity contribution < 1.29 is 14.7 Å². The van der Waals surface area contributed by atoms with Crippen LogP contribution >= 0.6 is 0 Å². The van der Waals surface area contributed by atoms with Crippen molar-refractivity contribution in [2.75, 3.05) is 6.54 Å². The van der Waals surface area contributed by atoms with E-state index in [0.717, 1.165) is 24.8 Å². The maximum absolute atomic E-state index is 12.2. The highest BCUT2D eigenvalue weighted by Gasteiger charge is 2.22. The minimum atomic E-state index is -1.05. The number of carboxylic acid groups (broad SMARTS) is 1. The van der Waals surface area contributed by atoms with Crippen LogP contribution < -0.4 is 5.32 Å². The predicted molar refractivity (Wildman–Crippen MR) is 79.7 cm³/mol. The van der Waals surface area contributed by atoms with Gasteiger partial charge in [0.25, 0.3) is 5.91 Å². The van der Waals surface area contributed by atoms with E-state index in [2.05, 4.69) is 17.2 Å². The van der Waals surface area contributed by atoms with Crippen LogP contribution in [0.1, 0.15) is 42.2 Å². The second-order valence-corrected chi connectivity index (χ2v) is 5.61. The molecule has 5 heteroatoms. The molecule has 2 N–H and O–H groups in total. The lowest BCUT2D eigenvalue weighted by Gasteiger charge is -2.11. The van der Waals surface area contributed by atoms with Crippen molar-refractivity contribution in [2.24, 2.45) is 11.8 Å². The van der Waals surface area contributed by atoms with E-state index >= 15 is 0 Å². The van der Waals surface area contributed by atoms with E-state index < -0.39 is 5.97 Å². The van der Waals surface area contributed by atoms with Gasteiger partial charge in [-0.25, -0.2) is 4.79 Å². The number of rotatable bonds is 5. The maximum Gasteiger partial charge on any atom is 0.328 e. The standard InChI is InChI=1S/C16H20N2O3/c1-11-4-5-12(9-11)10-18-16(21)15-13(3-2-8-17-15)6-7-14(19)20/h2-3,6-8,11-12H,4-5,9-10H2,1H3,(H,18,21)(H,19,20)/b7-6+. The second-order valence-electron chi connectivity index (χ2n) is 5.61. The molecule has 2 rings (SSSR count). The summed E-state index contributed by atoms with van der Waals surface area (Å²) in [5.74, 6) is -0.0353. The van der Waals surface area contributed by atoms with E-state index in [1.807, 2.05) is 0 Å². The number of hydrogen-bond acceptors (Lipinski definition) is 3. The van der Waals surface area contributed by atoms with Crippen molar-refractivity contribution in [2.45, 2.75) is 26.2 Å². The molecular weight excluding hydrogens is 268 g/mol. The highest BCUT2D eigenvalue weighted by atomic mass is 16.4. The number of nitrogens with one attached hydrogen (secondary N) is 1. The average Bonchev–Trinajstić information content (AvgIpc) is 2.88. The Morgan fingerprint density at radius 3 is 2.95 bits per heavy atom. The summed E-state index contributed by atoms with van der Waals surface area (Å²) in [4.78, 5) is 26.8. The van der Waals surface area contributed by atoms with Gasteiger partial charge in [0.05, 0.1) is 0 Å². The fourth-order valence-corrected chi connectivity index (χ4v) is 2.73. The number of amides is 1. The molecule has 0 spiro atoms. The Labute approximate surface area is 124 Å². The van der Waals surface area contributed by atoms with E-state index in [1.54, 1.807) is 12.1 Å². The summed E-state index contributed by atoms with van der Waals surface area (Å²) in [6, 6.07) is 3.36. The lowest BCUT2D eigenvalue weighted by atomic mass is 10.1. The van der Waals surface area contributed by atoms with Crippen molar-refractivity contribution in [3.63, 3.8) is 0 Å². The van der Waals surface area contributed by atoms with Crippen LogP contribution in [0, 0.1) is 11.8 Å². The number of hydrogen-bond donors (Lipinski definition) is 2. The van der Waals surface area contributed by atoms with Crippen LogP contribution in [0.25, 0.3) is 6.08 Å². The van der Waals surface area contributed by atoms with Crippen LogP contribution in [0.4, 0.5) is 0 Å². The van der Waals surface area contributed by atoms with E-state index in [0.29, 0.717) is 18.0 Å². The summed E-state index contributed by atoms with van der Waals surface area (Å²) in [6.45, 7) is 2.89. The summed E-state index contributed by atoms with van der Waals surface area (Å²) >= 11 is 0. The number of aliphatic carboxylic acids is 1. The van der Waals surface area contributed by atoms with Crippen molar-refractivity contribution >= 4 is 18.0 Å². The van der Waals surface area contributed by atoms with Crippen molar-refractivity contribution in [3.05, 3.63) is 35.7 Å². The summed E-state index contributed by atoms with van der Waals surface area (Å²) < 4.78 is 0. The first-order valence-electron chi connectivity index (χ1n) is 7.20. The van der Waals surface area contributed by atoms with Gasteiger partial charge in [0.1, 0.15) is 5.69 Å². The van der Waals surface area contributed by atoms with Crippen LogP contribution in [-0.2, 0) is 4.79 Å². The van der Waals surface area contributed by atoms with Gasteiger partial charge in [-0.3, -0.25) is 9.78 Å². The van der Waals surface area contributed by atoms with Gasteiger partial charge in [0.15, 0.2) is 0 Å². The smallest absolute Gasteiger partial charge is 0.328 e. The van der Waals surface area contributed by atoms with Gasteiger partial charge in [-0.1, -0.05) is 19.4 Å². The van der Waals surface area contributed by atoms with Gasteiger partial charge in [-0.05, 0) is 36.8 Å². The number of aromatic nitrogens is 1. The first-order valence-corrected chi connectivity index (χ1v) is 7.20. The molecule has 1 aliphatic rings. The van der Waals surface area contributed by atoms with E-state index in [-0.39, 0.29) is 11.6 Å². The third-order valence-electron chi connectivity index (χ3n) is 3.81. The summed E-state index contributed by atoms with van der Waals surface area (Å²) in [5.41, 5.74) is 0.776. The van der Waals surface area contributed by atoms with Crippen molar-refractivity contribution in [1.29, 1.82) is 0 Å². The number of carbonyl (C=O) groups is 2. The number of carbonyl (C=O) groups excluding carboxylic acids is 1. The van der Waals surface area contributed by atoms with Gasteiger partial charge in [0, 0.05) is 24.4 Å². The third-order valence-corrected chi connectivity index (χ3v) is 3.81. The fourth-order valence-electron chi connectivity index (χ4n) is 2.73. The molecule has 0 saturated heterocycles. The van der Waals surface area contributed by atoms with Crippen LogP contribution in [0.15, 0.2) is 24.4 Å². The summed E-state index contributed by atoms with van der Waals surface area (Å²) in [7, 11) is 0. The van der Waals surface area contributed by atoms with E-state index in [9.17, 15) is 9.59 Å². The highest BCUT2D eigenvalue weighted by molar-refractivity contribution is 5.97. The molecule has 1 amide bonds. The molecule has 1 aromatic heterocycles. The molecule has 0 bridgehead atoms. The average molecular weight is 288 g/mol. The first kappa shape index (κ1) is 15.2. The summed E-state index contributed by atoms with van der Waals surface area (Å²) in [5, 5.41) is 11.6. The first-order chi connectivity index (χ1) is 10.1. The van der Waals surface area contributed by atoms with Crippen LogP contribution in [0.2, 0.25) is 0 Å². The van der Waals surface area contributed by atoms with Gasteiger partial charge in [-0.2, -0.15) is 0 Å². The molecule has 0 aromatic carbocycles. The van der Waals surface area contributed by atoms with Gasteiger partial charge in [0.2, 0.25) is 0 Å². The monoisotopic (exact) mass is 288 g/mol. The van der Waals surface area contributed by atoms with Crippen LogP contribution in [0.3, 0.4) is 0 Å². The SMILES string of the molecule is CC1CCC(CNC(=O)c2ncccc2/C=C/C(=O)O)C1. The van der Waals surface area contributed by atoms with Gasteiger partial charge < -0.3 is 10.4 Å². The fraction of sp³-hybridized carbons (Fsp3) is 0.438. The van der Waals surface area contributed by atoms with Crippen molar-refractivity contribution in [1.82, 2.24) is 10.3 Å². The second kappa shape index (κ2) is 7.02. The molecule has 112 valence electrons. The van der Waals surface area contributed by atoms with Crippen LogP contribution in [-0.4, -0.2) is 28.5 Å². The minimum absolute atomic E-state index is 0.250. The Bertz CT molecular complexity index is 554. The quantitative estimate of drug-likeness (QED) is 0.815. The normalized spacial score (nSPS) is 21.6. The number of nitrogens with zero attached hydrogens (tertiary/aromatic N) is 1. The van der Waals surface area contributed by atoms with E-state index in [4.69, 9.17) is 5.11 Å². The Kier molecular flexibility index (Phi) is 5.09. The predicted octanol–water partition coefficient (Wildman–Crippen LogP) is 2.35. The van der Waals surface area contributed by atoms with Gasteiger partial charge in [-0.15, -0.1) is 0 Å². The molecule has 0 radical (unpaired) electrons. The number of carboxylic acids is 1. The van der Waals surface area contributed by atoms with Crippen LogP contribution in [0.5, 0.6) is 0 Å². The zero-order valence-corrected chi connectivity index (χ0v) is 12.1. The number of pyridine rings is 1. The molecule has 2 atom stereocenters. The summed E-state index contributed by atoms with van der Waals surface area (Å²) in [6.07, 6.45) is 7.44. The molecule has 21 heavy (non-hydrogen) atoms. The topological polar surface area (TPSA) is 79.3 Å². The Hall–Kier alpha value is -2.17. The lowest BCUT2D eigenvalue weighted by molar-refractivity contribution is -0.131. The molecule has 1 heterocycles. The van der Waals surface area contributed by atoms with E-state index in [1.165, 1.54) is 18.7 Å². The molecule has 1 saturated carbocycles. The molecule has 1 aliphatic carbocycles. The largest absolute Gasteiger partial charge is 0.478 e. The molecule has 5 nitrogen and oxygen atoms in total. The molecule has 1 aromatic rings.